The number of aryl methyl sites for hydroxylation is 1. The molecule has 0 bridgehead atoms. The van der Waals surface area contributed by atoms with E-state index in [0.717, 1.165) is 16.7 Å². The van der Waals surface area contributed by atoms with Crippen LogP contribution in [0.1, 0.15) is 46.9 Å². The van der Waals surface area contributed by atoms with E-state index in [2.05, 4.69) is 45.6 Å². The van der Waals surface area contributed by atoms with Gasteiger partial charge in [0.05, 0.1) is 23.2 Å². The number of likely N-dealkylation sites (N-methyl/N-ethyl adjacent to an activating group) is 1. The minimum atomic E-state index is -0.0905. The van der Waals surface area contributed by atoms with Crippen molar-refractivity contribution in [2.75, 3.05) is 20.6 Å². The van der Waals surface area contributed by atoms with Gasteiger partial charge in [0.15, 0.2) is 5.65 Å². The van der Waals surface area contributed by atoms with E-state index in [9.17, 15) is 4.79 Å². The Morgan fingerprint density at radius 1 is 1.38 bits per heavy atom. The first-order chi connectivity index (χ1) is 12.4. The molecular weight excluding hydrogens is 346 g/mol. The summed E-state index contributed by atoms with van der Waals surface area (Å²) in [7, 11) is 4.05. The van der Waals surface area contributed by atoms with Crippen LogP contribution in [0.5, 0.6) is 0 Å². The maximum absolute atomic E-state index is 12.9. The van der Waals surface area contributed by atoms with Crippen LogP contribution in [0, 0.1) is 6.92 Å². The summed E-state index contributed by atoms with van der Waals surface area (Å²) < 4.78 is 1.85. The molecule has 0 aromatic carbocycles. The number of pyridine rings is 1. The quantitative estimate of drug-likeness (QED) is 0.721. The summed E-state index contributed by atoms with van der Waals surface area (Å²) >= 11 is 1.70. The number of hydrogen-bond acceptors (Lipinski definition) is 5. The van der Waals surface area contributed by atoms with E-state index in [0.29, 0.717) is 12.1 Å². The summed E-state index contributed by atoms with van der Waals surface area (Å²) in [5.41, 5.74) is 2.20. The second-order valence-electron chi connectivity index (χ2n) is 6.94. The number of carbonyl (C=O) groups excluding carboxylic acids is 1. The van der Waals surface area contributed by atoms with E-state index >= 15 is 0 Å². The number of nitrogens with one attached hydrogen (secondary N) is 1. The molecule has 1 amide bonds. The van der Waals surface area contributed by atoms with Gasteiger partial charge in [0.25, 0.3) is 5.91 Å². The second-order valence-corrected chi connectivity index (χ2v) is 7.92. The molecule has 0 aliphatic heterocycles. The number of rotatable bonds is 6. The van der Waals surface area contributed by atoms with Gasteiger partial charge in [0, 0.05) is 23.2 Å². The van der Waals surface area contributed by atoms with Crippen molar-refractivity contribution in [1.82, 2.24) is 25.0 Å². The van der Waals surface area contributed by atoms with Gasteiger partial charge in [-0.15, -0.1) is 11.3 Å². The van der Waals surface area contributed by atoms with Crippen molar-refractivity contribution in [3.05, 3.63) is 45.9 Å². The minimum Gasteiger partial charge on any atom is -0.350 e. The Balaban J connectivity index is 1.86. The summed E-state index contributed by atoms with van der Waals surface area (Å²) in [5, 5.41) is 10.3. The Kier molecular flexibility index (Phi) is 5.38. The zero-order valence-corrected chi connectivity index (χ0v) is 16.7. The van der Waals surface area contributed by atoms with E-state index in [1.807, 2.05) is 37.8 Å². The number of fused-ring (bicyclic) bond motifs is 1. The van der Waals surface area contributed by atoms with Gasteiger partial charge >= 0.3 is 0 Å². The lowest BCUT2D eigenvalue weighted by Crippen LogP contribution is -2.34. The molecule has 7 heteroatoms. The fourth-order valence-electron chi connectivity index (χ4n) is 3.01. The predicted octanol–water partition coefficient (Wildman–Crippen LogP) is 3.41. The van der Waals surface area contributed by atoms with E-state index in [1.165, 1.54) is 4.88 Å². The number of nitrogens with zero attached hydrogens (tertiary/aromatic N) is 4. The molecule has 3 aromatic heterocycles. The maximum Gasteiger partial charge on any atom is 0.252 e. The molecule has 1 N–H and O–H groups in total. The zero-order valence-electron chi connectivity index (χ0n) is 15.9. The molecule has 0 saturated heterocycles. The number of aromatic nitrogens is 3. The van der Waals surface area contributed by atoms with Crippen molar-refractivity contribution >= 4 is 28.3 Å². The van der Waals surface area contributed by atoms with Gasteiger partial charge in [-0.1, -0.05) is 6.07 Å². The third-order valence-electron chi connectivity index (χ3n) is 4.38. The summed E-state index contributed by atoms with van der Waals surface area (Å²) in [4.78, 5) is 20.8. The standard InChI is InChI=1S/C19H25N5OS/c1-12(2)24-18-15(10-21-24)14(9-13(3)22-18)19(25)20-11-16(23(4)5)17-7-6-8-26-17/h6-10,12,16H,11H2,1-5H3,(H,20,25). The molecule has 1 unspecified atom stereocenters. The molecule has 0 fully saturated rings. The van der Waals surface area contributed by atoms with Crippen molar-refractivity contribution in [3.8, 4) is 0 Å². The van der Waals surface area contributed by atoms with Crippen molar-refractivity contribution in [1.29, 1.82) is 0 Å². The average Bonchev–Trinajstić information content (AvgIpc) is 3.23. The molecule has 0 saturated carbocycles. The molecule has 26 heavy (non-hydrogen) atoms. The number of thiophene rings is 1. The van der Waals surface area contributed by atoms with Crippen molar-refractivity contribution in [2.45, 2.75) is 32.9 Å². The second kappa shape index (κ2) is 7.55. The third kappa shape index (κ3) is 3.64. The molecule has 0 spiro atoms. The highest BCUT2D eigenvalue weighted by molar-refractivity contribution is 7.10. The van der Waals surface area contributed by atoms with Gasteiger partial charge < -0.3 is 10.2 Å². The van der Waals surface area contributed by atoms with Gasteiger partial charge in [0.1, 0.15) is 0 Å². The number of carbonyl (C=O) groups is 1. The summed E-state index contributed by atoms with van der Waals surface area (Å²) in [6.45, 7) is 6.56. The van der Waals surface area contributed by atoms with Crippen LogP contribution in [0.3, 0.4) is 0 Å². The van der Waals surface area contributed by atoms with Gasteiger partial charge in [-0.2, -0.15) is 5.10 Å². The van der Waals surface area contributed by atoms with E-state index in [-0.39, 0.29) is 18.0 Å². The van der Waals surface area contributed by atoms with Crippen LogP contribution in [0.4, 0.5) is 0 Å². The van der Waals surface area contributed by atoms with Gasteiger partial charge in [0.2, 0.25) is 0 Å². The lowest BCUT2D eigenvalue weighted by atomic mass is 10.1. The molecule has 0 aliphatic rings. The monoisotopic (exact) mass is 371 g/mol. The molecule has 3 rings (SSSR count). The predicted molar refractivity (Wildman–Crippen MR) is 106 cm³/mol. The average molecular weight is 372 g/mol. The number of amides is 1. The van der Waals surface area contributed by atoms with Crippen molar-refractivity contribution in [3.63, 3.8) is 0 Å². The van der Waals surface area contributed by atoms with Crippen LogP contribution in [-0.2, 0) is 0 Å². The molecule has 1 atom stereocenters. The van der Waals surface area contributed by atoms with Crippen LogP contribution in [0.15, 0.2) is 29.8 Å². The SMILES string of the molecule is Cc1cc(C(=O)NCC(c2cccs2)N(C)C)c2cnn(C(C)C)c2n1. The summed E-state index contributed by atoms with van der Waals surface area (Å²) in [6, 6.07) is 6.31. The Hall–Kier alpha value is -2.25. The highest BCUT2D eigenvalue weighted by Crippen LogP contribution is 2.24. The Morgan fingerprint density at radius 2 is 2.15 bits per heavy atom. The van der Waals surface area contributed by atoms with Crippen LogP contribution >= 0.6 is 11.3 Å². The highest BCUT2D eigenvalue weighted by atomic mass is 32.1. The zero-order chi connectivity index (χ0) is 18.8. The van der Waals surface area contributed by atoms with E-state index in [4.69, 9.17) is 0 Å². The number of hydrogen-bond donors (Lipinski definition) is 1. The Bertz CT molecular complexity index is 898. The molecule has 3 heterocycles. The molecule has 138 valence electrons. The van der Waals surface area contributed by atoms with Gasteiger partial charge in [-0.3, -0.25) is 4.79 Å². The lowest BCUT2D eigenvalue weighted by molar-refractivity contribution is 0.0944. The van der Waals surface area contributed by atoms with Gasteiger partial charge in [-0.05, 0) is 52.4 Å². The first kappa shape index (κ1) is 18.5. The topological polar surface area (TPSA) is 63.1 Å². The molecule has 0 radical (unpaired) electrons. The highest BCUT2D eigenvalue weighted by Gasteiger charge is 2.20. The Morgan fingerprint density at radius 3 is 2.77 bits per heavy atom. The normalized spacial score (nSPS) is 12.9. The fraction of sp³-hybridized carbons (Fsp3) is 0.421. The summed E-state index contributed by atoms with van der Waals surface area (Å²) in [6.07, 6.45) is 1.74. The Labute approximate surface area is 157 Å². The minimum absolute atomic E-state index is 0.0905. The lowest BCUT2D eigenvalue weighted by Gasteiger charge is -2.23. The smallest absolute Gasteiger partial charge is 0.252 e. The van der Waals surface area contributed by atoms with Gasteiger partial charge in [-0.25, -0.2) is 9.67 Å². The van der Waals surface area contributed by atoms with Crippen molar-refractivity contribution < 1.29 is 4.79 Å². The third-order valence-corrected chi connectivity index (χ3v) is 5.35. The largest absolute Gasteiger partial charge is 0.350 e. The van der Waals surface area contributed by atoms with E-state index in [1.54, 1.807) is 17.5 Å². The summed E-state index contributed by atoms with van der Waals surface area (Å²) in [5.74, 6) is -0.0905. The van der Waals surface area contributed by atoms with Crippen LogP contribution in [-0.4, -0.2) is 46.2 Å². The van der Waals surface area contributed by atoms with Crippen LogP contribution in [0.25, 0.3) is 11.0 Å². The van der Waals surface area contributed by atoms with Crippen LogP contribution < -0.4 is 5.32 Å². The molecule has 3 aromatic rings. The van der Waals surface area contributed by atoms with Crippen LogP contribution in [0.2, 0.25) is 0 Å². The molecule has 6 nitrogen and oxygen atoms in total. The van der Waals surface area contributed by atoms with Crippen molar-refractivity contribution in [2.24, 2.45) is 0 Å². The first-order valence-electron chi connectivity index (χ1n) is 8.71. The molecule has 0 aliphatic carbocycles. The maximum atomic E-state index is 12.9. The first-order valence-corrected chi connectivity index (χ1v) is 9.59. The fourth-order valence-corrected chi connectivity index (χ4v) is 3.93. The molecular formula is C19H25N5OS. The van der Waals surface area contributed by atoms with E-state index < -0.39 is 0 Å².